The maximum Gasteiger partial charge on any atom is 0.339 e. The second kappa shape index (κ2) is 6.09. The number of amides is 1. The Morgan fingerprint density at radius 1 is 1.14 bits per heavy atom. The molecule has 2 N–H and O–H groups in total. The summed E-state index contributed by atoms with van der Waals surface area (Å²) in [6, 6.07) is 11.8. The molecule has 2 rings (SSSR count). The first-order valence-corrected chi connectivity index (χ1v) is 6.31. The fourth-order valence-corrected chi connectivity index (χ4v) is 2.12. The molecule has 0 aromatic heterocycles. The molecule has 1 amide bonds. The fraction of sp³-hybridized carbons (Fsp3) is 0.125. The fourth-order valence-electron chi connectivity index (χ4n) is 2.12. The van der Waals surface area contributed by atoms with E-state index >= 15 is 0 Å². The lowest BCUT2D eigenvalue weighted by molar-refractivity contribution is 0.0693. The van der Waals surface area contributed by atoms with E-state index in [0.717, 1.165) is 5.56 Å². The molecule has 0 aliphatic rings. The molecule has 5 nitrogen and oxygen atoms in total. The van der Waals surface area contributed by atoms with Crippen LogP contribution in [0.2, 0.25) is 0 Å². The van der Waals surface area contributed by atoms with Gasteiger partial charge in [0.15, 0.2) is 0 Å². The van der Waals surface area contributed by atoms with Crippen LogP contribution in [0.25, 0.3) is 11.1 Å². The highest BCUT2D eigenvalue weighted by Gasteiger charge is 2.16. The number of rotatable bonds is 4. The van der Waals surface area contributed by atoms with Crippen molar-refractivity contribution in [3.8, 4) is 16.9 Å². The average molecular weight is 285 g/mol. The summed E-state index contributed by atoms with van der Waals surface area (Å²) in [4.78, 5) is 22.9. The lowest BCUT2D eigenvalue weighted by Gasteiger charge is -2.12. The first-order valence-electron chi connectivity index (χ1n) is 6.31. The highest BCUT2D eigenvalue weighted by atomic mass is 16.5. The molecular formula is C16H15NO4. The minimum Gasteiger partial charge on any atom is -0.495 e. The lowest BCUT2D eigenvalue weighted by atomic mass is 9.99. The summed E-state index contributed by atoms with van der Waals surface area (Å²) < 4.78 is 5.24. The summed E-state index contributed by atoms with van der Waals surface area (Å²) in [7, 11) is 2.98. The van der Waals surface area contributed by atoms with Crippen LogP contribution >= 0.6 is 0 Å². The maximum absolute atomic E-state index is 11.7. The van der Waals surface area contributed by atoms with E-state index in [1.54, 1.807) is 43.4 Å². The van der Waals surface area contributed by atoms with Crippen molar-refractivity contribution in [1.82, 2.24) is 5.32 Å². The number of carbonyl (C=O) groups excluding carboxylic acids is 1. The molecule has 0 fully saturated rings. The summed E-state index contributed by atoms with van der Waals surface area (Å²) in [5.41, 5.74) is 1.93. The summed E-state index contributed by atoms with van der Waals surface area (Å²) in [5, 5.41) is 11.8. The summed E-state index contributed by atoms with van der Waals surface area (Å²) in [6.45, 7) is 0. The van der Waals surface area contributed by atoms with Gasteiger partial charge in [-0.2, -0.15) is 0 Å². The van der Waals surface area contributed by atoms with E-state index in [4.69, 9.17) is 4.74 Å². The Bertz CT molecular complexity index is 694. The summed E-state index contributed by atoms with van der Waals surface area (Å²) in [6.07, 6.45) is 0. The van der Waals surface area contributed by atoms with E-state index in [2.05, 4.69) is 5.32 Å². The number of carboxylic acid groups (broad SMARTS) is 1. The largest absolute Gasteiger partial charge is 0.495 e. The number of nitrogens with one attached hydrogen (secondary N) is 1. The van der Waals surface area contributed by atoms with Gasteiger partial charge in [0.1, 0.15) is 11.3 Å². The molecule has 0 saturated heterocycles. The predicted octanol–water partition coefficient (Wildman–Crippen LogP) is 2.42. The molecule has 0 aliphatic heterocycles. The van der Waals surface area contributed by atoms with Gasteiger partial charge in [0.05, 0.1) is 7.11 Å². The molecule has 21 heavy (non-hydrogen) atoms. The minimum absolute atomic E-state index is 0.0837. The number of methoxy groups -OCH3 is 1. The zero-order valence-corrected chi connectivity index (χ0v) is 11.7. The molecule has 108 valence electrons. The minimum atomic E-state index is -1.06. The Morgan fingerprint density at radius 3 is 2.48 bits per heavy atom. The molecule has 0 saturated carbocycles. The van der Waals surface area contributed by atoms with Crippen LogP contribution in [-0.2, 0) is 0 Å². The van der Waals surface area contributed by atoms with Crippen molar-refractivity contribution in [1.29, 1.82) is 0 Å². The maximum atomic E-state index is 11.7. The monoisotopic (exact) mass is 285 g/mol. The average Bonchev–Trinajstić information content (AvgIpc) is 2.53. The second-order valence-electron chi connectivity index (χ2n) is 4.35. The van der Waals surface area contributed by atoms with Crippen LogP contribution in [0.5, 0.6) is 5.75 Å². The lowest BCUT2D eigenvalue weighted by Crippen LogP contribution is -2.17. The predicted molar refractivity (Wildman–Crippen MR) is 78.8 cm³/mol. The van der Waals surface area contributed by atoms with E-state index in [9.17, 15) is 14.7 Å². The molecule has 0 atom stereocenters. The number of hydrogen-bond acceptors (Lipinski definition) is 3. The zero-order valence-electron chi connectivity index (χ0n) is 11.7. The summed E-state index contributed by atoms with van der Waals surface area (Å²) >= 11 is 0. The van der Waals surface area contributed by atoms with Gasteiger partial charge < -0.3 is 15.2 Å². The Kier molecular flexibility index (Phi) is 4.23. The normalized spacial score (nSPS) is 10.0. The van der Waals surface area contributed by atoms with Gasteiger partial charge in [0, 0.05) is 18.2 Å². The molecular weight excluding hydrogens is 270 g/mol. The first-order chi connectivity index (χ1) is 10.1. The smallest absolute Gasteiger partial charge is 0.339 e. The van der Waals surface area contributed by atoms with Crippen molar-refractivity contribution in [3.63, 3.8) is 0 Å². The molecule has 0 radical (unpaired) electrons. The van der Waals surface area contributed by atoms with Gasteiger partial charge in [-0.15, -0.1) is 0 Å². The van der Waals surface area contributed by atoms with E-state index < -0.39 is 5.97 Å². The third kappa shape index (κ3) is 2.86. The van der Waals surface area contributed by atoms with Gasteiger partial charge in [-0.05, 0) is 23.8 Å². The van der Waals surface area contributed by atoms with Crippen LogP contribution in [0.1, 0.15) is 20.7 Å². The van der Waals surface area contributed by atoms with Crippen molar-refractivity contribution in [3.05, 3.63) is 53.6 Å². The SMILES string of the molecule is CNC(=O)c1cccc(-c2cccc(C(=O)O)c2OC)c1. The number of carboxylic acids is 1. The summed E-state index contributed by atoms with van der Waals surface area (Å²) in [5.74, 6) is -0.986. The standard InChI is InChI=1S/C16H15NO4/c1-17-15(18)11-6-3-5-10(9-11)12-7-4-8-13(16(19)20)14(12)21-2/h3-9H,1-2H3,(H,17,18)(H,19,20). The van der Waals surface area contributed by atoms with E-state index in [1.165, 1.54) is 13.2 Å². The van der Waals surface area contributed by atoms with Crippen LogP contribution in [0.4, 0.5) is 0 Å². The van der Waals surface area contributed by atoms with E-state index in [1.807, 2.05) is 0 Å². The number of aromatic carboxylic acids is 1. The quantitative estimate of drug-likeness (QED) is 0.904. The Balaban J connectivity index is 2.59. The second-order valence-corrected chi connectivity index (χ2v) is 4.35. The molecule has 0 unspecified atom stereocenters. The van der Waals surface area contributed by atoms with Crippen molar-refractivity contribution < 1.29 is 19.4 Å². The number of benzene rings is 2. The van der Waals surface area contributed by atoms with Gasteiger partial charge in [-0.3, -0.25) is 4.79 Å². The van der Waals surface area contributed by atoms with Crippen molar-refractivity contribution in [2.24, 2.45) is 0 Å². The van der Waals surface area contributed by atoms with Crippen LogP contribution in [0.3, 0.4) is 0 Å². The van der Waals surface area contributed by atoms with Gasteiger partial charge in [-0.25, -0.2) is 4.79 Å². The third-order valence-electron chi connectivity index (χ3n) is 3.11. The van der Waals surface area contributed by atoms with E-state index in [0.29, 0.717) is 11.1 Å². The Labute approximate surface area is 122 Å². The molecule has 0 spiro atoms. The highest BCUT2D eigenvalue weighted by molar-refractivity contribution is 5.97. The highest BCUT2D eigenvalue weighted by Crippen LogP contribution is 2.33. The number of ether oxygens (including phenoxy) is 1. The molecule has 0 aliphatic carbocycles. The van der Waals surface area contributed by atoms with Gasteiger partial charge in [-0.1, -0.05) is 24.3 Å². The van der Waals surface area contributed by atoms with E-state index in [-0.39, 0.29) is 17.2 Å². The number of hydrogen-bond donors (Lipinski definition) is 2. The van der Waals surface area contributed by atoms with Crippen LogP contribution < -0.4 is 10.1 Å². The Hall–Kier alpha value is -2.82. The van der Waals surface area contributed by atoms with Crippen LogP contribution in [0, 0.1) is 0 Å². The van der Waals surface area contributed by atoms with Crippen LogP contribution in [0.15, 0.2) is 42.5 Å². The topological polar surface area (TPSA) is 75.6 Å². The number of carbonyl (C=O) groups is 2. The van der Waals surface area contributed by atoms with Gasteiger partial charge in [0.2, 0.25) is 0 Å². The molecule has 2 aromatic rings. The number of para-hydroxylation sites is 1. The van der Waals surface area contributed by atoms with Gasteiger partial charge in [0.25, 0.3) is 5.91 Å². The molecule has 0 heterocycles. The molecule has 2 aromatic carbocycles. The Morgan fingerprint density at radius 2 is 1.86 bits per heavy atom. The first kappa shape index (κ1) is 14.6. The van der Waals surface area contributed by atoms with Crippen molar-refractivity contribution in [2.75, 3.05) is 14.2 Å². The van der Waals surface area contributed by atoms with Crippen molar-refractivity contribution in [2.45, 2.75) is 0 Å². The van der Waals surface area contributed by atoms with Gasteiger partial charge >= 0.3 is 5.97 Å². The zero-order chi connectivity index (χ0) is 15.4. The van der Waals surface area contributed by atoms with Crippen LogP contribution in [-0.4, -0.2) is 31.1 Å². The molecule has 5 heteroatoms. The third-order valence-corrected chi connectivity index (χ3v) is 3.11. The van der Waals surface area contributed by atoms with Crippen molar-refractivity contribution >= 4 is 11.9 Å². The molecule has 0 bridgehead atoms.